The summed E-state index contributed by atoms with van der Waals surface area (Å²) < 4.78 is 0. The Balaban J connectivity index is 1.77. The number of nitrogens with zero attached hydrogens (tertiary/aromatic N) is 1. The third-order valence-corrected chi connectivity index (χ3v) is 4.55. The van der Waals surface area contributed by atoms with Gasteiger partial charge in [-0.3, -0.25) is 9.59 Å². The summed E-state index contributed by atoms with van der Waals surface area (Å²) in [6.07, 6.45) is 1.34. The number of benzene rings is 2. The van der Waals surface area contributed by atoms with Gasteiger partial charge in [0.05, 0.1) is 11.3 Å². The molecule has 0 aromatic heterocycles. The minimum absolute atomic E-state index is 0.0518. The summed E-state index contributed by atoms with van der Waals surface area (Å²) in [5, 5.41) is 3.90. The van der Waals surface area contributed by atoms with Gasteiger partial charge in [0.1, 0.15) is 0 Å². The van der Waals surface area contributed by atoms with Gasteiger partial charge in [-0.1, -0.05) is 41.4 Å². The van der Waals surface area contributed by atoms with Crippen molar-refractivity contribution in [3.05, 3.63) is 63.6 Å². The first-order chi connectivity index (χ1) is 11.6. The molecule has 1 fully saturated rings. The highest BCUT2D eigenvalue weighted by Gasteiger charge is 2.25. The summed E-state index contributed by atoms with van der Waals surface area (Å²) >= 11 is 12.0. The summed E-state index contributed by atoms with van der Waals surface area (Å²) in [4.78, 5) is 26.2. The topological polar surface area (TPSA) is 49.4 Å². The van der Waals surface area contributed by atoms with Crippen molar-refractivity contribution >= 4 is 40.7 Å². The zero-order valence-corrected chi connectivity index (χ0v) is 14.4. The fraction of sp³-hybridized carbons (Fsp3) is 0.222. The molecule has 0 aliphatic carbocycles. The molecule has 1 heterocycles. The number of nitrogens with one attached hydrogen (secondary N) is 1. The average Bonchev–Trinajstić information content (AvgIpc) is 2.99. The van der Waals surface area contributed by atoms with E-state index < -0.39 is 0 Å². The van der Waals surface area contributed by atoms with Crippen LogP contribution in [0.4, 0.5) is 5.69 Å². The Hall–Kier alpha value is -2.04. The zero-order chi connectivity index (χ0) is 17.1. The number of rotatable bonds is 4. The largest absolute Gasteiger partial charge is 0.348 e. The minimum atomic E-state index is -0.240. The van der Waals surface area contributed by atoms with Crippen LogP contribution >= 0.6 is 23.2 Å². The third kappa shape index (κ3) is 3.55. The van der Waals surface area contributed by atoms with Crippen molar-refractivity contribution in [3.8, 4) is 0 Å². The molecule has 0 bridgehead atoms. The summed E-state index contributed by atoms with van der Waals surface area (Å²) in [5.74, 6) is -0.188. The molecule has 0 atom stereocenters. The Kier molecular flexibility index (Phi) is 5.07. The molecule has 0 unspecified atom stereocenters. The first-order valence-corrected chi connectivity index (χ1v) is 8.43. The molecule has 4 nitrogen and oxygen atoms in total. The minimum Gasteiger partial charge on any atom is -0.348 e. The summed E-state index contributed by atoms with van der Waals surface area (Å²) in [7, 11) is 0. The molecule has 1 saturated heterocycles. The van der Waals surface area contributed by atoms with Gasteiger partial charge in [0, 0.05) is 29.6 Å². The maximum Gasteiger partial charge on any atom is 0.253 e. The first kappa shape index (κ1) is 16.8. The van der Waals surface area contributed by atoms with E-state index in [0.29, 0.717) is 34.3 Å². The average molecular weight is 363 g/mol. The Morgan fingerprint density at radius 3 is 2.67 bits per heavy atom. The van der Waals surface area contributed by atoms with Crippen molar-refractivity contribution in [2.24, 2.45) is 0 Å². The number of amides is 2. The SMILES string of the molecule is O=C(NCc1ccc(Cl)cc1Cl)c1ccccc1N1CCCC1=O. The number of anilines is 1. The van der Waals surface area contributed by atoms with Gasteiger partial charge in [0.25, 0.3) is 5.91 Å². The van der Waals surface area contributed by atoms with Crippen molar-refractivity contribution in [2.45, 2.75) is 19.4 Å². The van der Waals surface area contributed by atoms with Gasteiger partial charge < -0.3 is 10.2 Å². The van der Waals surface area contributed by atoms with Crippen LogP contribution in [0.15, 0.2) is 42.5 Å². The molecule has 2 aromatic carbocycles. The Morgan fingerprint density at radius 2 is 1.96 bits per heavy atom. The van der Waals surface area contributed by atoms with Crippen molar-refractivity contribution in [1.82, 2.24) is 5.32 Å². The molecular formula is C18H16Cl2N2O2. The molecule has 2 aromatic rings. The molecule has 6 heteroatoms. The van der Waals surface area contributed by atoms with Crippen LogP contribution in [0.25, 0.3) is 0 Å². The highest BCUT2D eigenvalue weighted by atomic mass is 35.5. The zero-order valence-electron chi connectivity index (χ0n) is 12.9. The van der Waals surface area contributed by atoms with E-state index in [9.17, 15) is 9.59 Å². The normalized spacial score (nSPS) is 14.1. The second-order valence-electron chi connectivity index (χ2n) is 5.58. The van der Waals surface area contributed by atoms with Crippen molar-refractivity contribution in [3.63, 3.8) is 0 Å². The molecule has 0 saturated carbocycles. The highest BCUT2D eigenvalue weighted by molar-refractivity contribution is 6.35. The number of para-hydroxylation sites is 1. The van der Waals surface area contributed by atoms with Crippen LogP contribution in [0.1, 0.15) is 28.8 Å². The lowest BCUT2D eigenvalue weighted by Gasteiger charge is -2.19. The maximum atomic E-state index is 12.6. The molecule has 1 aliphatic rings. The fourth-order valence-corrected chi connectivity index (χ4v) is 3.21. The lowest BCUT2D eigenvalue weighted by molar-refractivity contribution is -0.117. The summed E-state index contributed by atoms with van der Waals surface area (Å²) in [5.41, 5.74) is 1.92. The van der Waals surface area contributed by atoms with Crippen LogP contribution in [0.2, 0.25) is 10.0 Å². The maximum absolute atomic E-state index is 12.6. The molecule has 24 heavy (non-hydrogen) atoms. The van der Waals surface area contributed by atoms with E-state index in [4.69, 9.17) is 23.2 Å². The van der Waals surface area contributed by atoms with E-state index >= 15 is 0 Å². The van der Waals surface area contributed by atoms with Crippen molar-refractivity contribution in [1.29, 1.82) is 0 Å². The van der Waals surface area contributed by atoms with Crippen LogP contribution in [0.5, 0.6) is 0 Å². The van der Waals surface area contributed by atoms with E-state index in [2.05, 4.69) is 5.32 Å². The first-order valence-electron chi connectivity index (χ1n) is 7.68. The summed E-state index contributed by atoms with van der Waals surface area (Å²) in [6.45, 7) is 0.934. The van der Waals surface area contributed by atoms with E-state index in [1.165, 1.54) is 0 Å². The van der Waals surface area contributed by atoms with E-state index in [1.807, 2.05) is 6.07 Å². The Labute approximate surface area is 150 Å². The van der Waals surface area contributed by atoms with E-state index in [0.717, 1.165) is 12.0 Å². The van der Waals surface area contributed by atoms with Gasteiger partial charge in [-0.15, -0.1) is 0 Å². The lowest BCUT2D eigenvalue weighted by atomic mass is 10.1. The molecule has 124 valence electrons. The van der Waals surface area contributed by atoms with Gasteiger partial charge in [0.15, 0.2) is 0 Å². The summed E-state index contributed by atoms with van der Waals surface area (Å²) in [6, 6.07) is 12.3. The predicted molar refractivity (Wildman–Crippen MR) is 95.7 cm³/mol. The molecule has 3 rings (SSSR count). The van der Waals surface area contributed by atoms with Crippen molar-refractivity contribution in [2.75, 3.05) is 11.4 Å². The molecule has 1 N–H and O–H groups in total. The number of carbonyl (C=O) groups excluding carboxylic acids is 2. The molecule has 0 radical (unpaired) electrons. The number of hydrogen-bond acceptors (Lipinski definition) is 2. The van der Waals surface area contributed by atoms with Crippen LogP contribution in [0.3, 0.4) is 0 Å². The molecule has 2 amide bonds. The predicted octanol–water partition coefficient (Wildman–Crippen LogP) is 4.05. The van der Waals surface area contributed by atoms with E-state index in [1.54, 1.807) is 41.3 Å². The number of halogens is 2. The van der Waals surface area contributed by atoms with Gasteiger partial charge in [-0.2, -0.15) is 0 Å². The van der Waals surface area contributed by atoms with Gasteiger partial charge >= 0.3 is 0 Å². The van der Waals surface area contributed by atoms with E-state index in [-0.39, 0.29) is 18.4 Å². The Bertz CT molecular complexity index is 792. The quantitative estimate of drug-likeness (QED) is 0.891. The molecule has 1 aliphatic heterocycles. The standard InChI is InChI=1S/C18H16Cl2N2O2/c19-13-8-7-12(15(20)10-13)11-21-18(24)14-4-1-2-5-16(14)22-9-3-6-17(22)23/h1-2,4-5,7-8,10H,3,6,9,11H2,(H,21,24). The highest BCUT2D eigenvalue weighted by Crippen LogP contribution is 2.26. The van der Waals surface area contributed by atoms with Gasteiger partial charge in [0.2, 0.25) is 5.91 Å². The lowest BCUT2D eigenvalue weighted by Crippen LogP contribution is -2.29. The van der Waals surface area contributed by atoms with Gasteiger partial charge in [-0.05, 0) is 36.2 Å². The van der Waals surface area contributed by atoms with Crippen LogP contribution in [-0.4, -0.2) is 18.4 Å². The molecular weight excluding hydrogens is 347 g/mol. The second-order valence-corrected chi connectivity index (χ2v) is 6.43. The van der Waals surface area contributed by atoms with Crippen LogP contribution in [-0.2, 0) is 11.3 Å². The van der Waals surface area contributed by atoms with Crippen molar-refractivity contribution < 1.29 is 9.59 Å². The monoisotopic (exact) mass is 362 g/mol. The number of carbonyl (C=O) groups is 2. The van der Waals surface area contributed by atoms with Crippen LogP contribution < -0.4 is 10.2 Å². The fourth-order valence-electron chi connectivity index (χ4n) is 2.74. The third-order valence-electron chi connectivity index (χ3n) is 3.97. The Morgan fingerprint density at radius 1 is 1.17 bits per heavy atom. The van der Waals surface area contributed by atoms with Crippen LogP contribution in [0, 0.1) is 0 Å². The number of hydrogen-bond donors (Lipinski definition) is 1. The van der Waals surface area contributed by atoms with Gasteiger partial charge in [-0.25, -0.2) is 0 Å². The molecule has 0 spiro atoms. The second kappa shape index (κ2) is 7.24. The smallest absolute Gasteiger partial charge is 0.253 e.